The number of rotatable bonds is 6. The summed E-state index contributed by atoms with van der Waals surface area (Å²) in [4.78, 5) is 41.8. The molecule has 0 bridgehead atoms. The molecule has 0 radical (unpaired) electrons. The number of hydrogen-bond acceptors (Lipinski definition) is 8. The Morgan fingerprint density at radius 2 is 1.83 bits per heavy atom. The molecule has 192 valence electrons. The zero-order valence-electron chi connectivity index (χ0n) is 20.0. The molecule has 4 rings (SSSR count). The minimum atomic E-state index is -0.996. The van der Waals surface area contributed by atoms with E-state index >= 15 is 0 Å². The van der Waals surface area contributed by atoms with Crippen LogP contribution in [0.3, 0.4) is 0 Å². The molecule has 3 aliphatic heterocycles. The number of likely N-dealkylation sites (tertiary alicyclic amines) is 2. The van der Waals surface area contributed by atoms with Gasteiger partial charge in [-0.25, -0.2) is 19.2 Å². The van der Waals surface area contributed by atoms with E-state index in [0.717, 1.165) is 31.2 Å². The van der Waals surface area contributed by atoms with Crippen molar-refractivity contribution in [2.75, 3.05) is 19.6 Å². The maximum absolute atomic E-state index is 13.2. The van der Waals surface area contributed by atoms with Crippen LogP contribution in [0.4, 0.5) is 9.59 Å². The van der Waals surface area contributed by atoms with Gasteiger partial charge < -0.3 is 19.9 Å². The predicted octanol–water partition coefficient (Wildman–Crippen LogP) is 3.33. The summed E-state index contributed by atoms with van der Waals surface area (Å²) in [7, 11) is 0. The average molecular weight is 509 g/mol. The quantitative estimate of drug-likeness (QED) is 0.197. The number of benzene rings is 1. The van der Waals surface area contributed by atoms with Crippen LogP contribution in [0.15, 0.2) is 30.3 Å². The number of β-lactam (4-membered cyclic amide) rings is 1. The molecule has 3 heterocycles. The van der Waals surface area contributed by atoms with Crippen LogP contribution < -0.4 is 5.32 Å². The minimum Gasteiger partial charge on any atom is -0.445 e. The van der Waals surface area contributed by atoms with Gasteiger partial charge in [-0.1, -0.05) is 35.4 Å². The van der Waals surface area contributed by atoms with E-state index in [2.05, 4.69) is 14.7 Å². The standard InChI is InChI=1S/C23H32N4O7S/c1-22-12-15-26(23(22,2)19(28)27(22)35-34-33-31)20(29)24-18-10-6-13-25(14-7-11-18)21(30)32-16-17-8-4-3-5-9-17/h3-5,8-9,18,31H,6-7,10-16H2,1-2H3,(H,24,29)/t22-,23-/m1/s1. The van der Waals surface area contributed by atoms with Gasteiger partial charge in [0.2, 0.25) is 0 Å². The van der Waals surface area contributed by atoms with Crippen LogP contribution in [0.2, 0.25) is 0 Å². The van der Waals surface area contributed by atoms with E-state index in [1.165, 1.54) is 4.31 Å². The molecular formula is C23H32N4O7S. The van der Waals surface area contributed by atoms with Gasteiger partial charge >= 0.3 is 12.1 Å². The van der Waals surface area contributed by atoms with Crippen LogP contribution in [-0.4, -0.2) is 74.1 Å². The van der Waals surface area contributed by atoms with Crippen molar-refractivity contribution in [3.05, 3.63) is 35.9 Å². The molecule has 0 unspecified atom stereocenters. The van der Waals surface area contributed by atoms with Crippen molar-refractivity contribution < 1.29 is 33.7 Å². The van der Waals surface area contributed by atoms with E-state index in [0.29, 0.717) is 38.3 Å². The van der Waals surface area contributed by atoms with Crippen molar-refractivity contribution in [3.63, 3.8) is 0 Å². The normalized spacial score (nSPS) is 27.1. The third-order valence-corrected chi connectivity index (χ3v) is 8.43. The molecule has 4 amide bonds. The van der Waals surface area contributed by atoms with Crippen LogP contribution in [0.5, 0.6) is 0 Å². The van der Waals surface area contributed by atoms with E-state index in [-0.39, 0.29) is 30.7 Å². The topological polar surface area (TPSA) is 121 Å². The average Bonchev–Trinajstić information content (AvgIpc) is 3.08. The van der Waals surface area contributed by atoms with Gasteiger partial charge in [0.25, 0.3) is 5.91 Å². The van der Waals surface area contributed by atoms with E-state index in [1.54, 1.807) is 16.7 Å². The molecule has 11 nitrogen and oxygen atoms in total. The highest BCUT2D eigenvalue weighted by Crippen LogP contribution is 2.55. The summed E-state index contributed by atoms with van der Waals surface area (Å²) in [5, 5.41) is 15.1. The summed E-state index contributed by atoms with van der Waals surface area (Å²) >= 11 is 0.615. The number of carbonyl (C=O) groups excluding carboxylic acids is 3. The number of nitrogens with zero attached hydrogens (tertiary/aromatic N) is 3. The molecule has 0 aromatic heterocycles. The van der Waals surface area contributed by atoms with Crippen molar-refractivity contribution in [2.45, 2.75) is 69.7 Å². The molecule has 3 fully saturated rings. The highest BCUT2D eigenvalue weighted by molar-refractivity contribution is 7.92. The second-order valence-electron chi connectivity index (χ2n) is 9.52. The Morgan fingerprint density at radius 3 is 2.49 bits per heavy atom. The second kappa shape index (κ2) is 10.6. The van der Waals surface area contributed by atoms with Crippen LogP contribution in [0.1, 0.15) is 51.5 Å². The lowest BCUT2D eigenvalue weighted by Crippen LogP contribution is -2.80. The Labute approximate surface area is 208 Å². The Hall–Kier alpha value is -2.54. The molecule has 1 aromatic rings. The molecule has 35 heavy (non-hydrogen) atoms. The monoisotopic (exact) mass is 508 g/mol. The fraction of sp³-hybridized carbons (Fsp3) is 0.609. The summed E-state index contributed by atoms with van der Waals surface area (Å²) in [6.07, 6.45) is 3.20. The lowest BCUT2D eigenvalue weighted by atomic mass is 9.72. The number of hydrogen-bond donors (Lipinski definition) is 2. The maximum Gasteiger partial charge on any atom is 0.410 e. The summed E-state index contributed by atoms with van der Waals surface area (Å²) < 4.78 is 11.3. The summed E-state index contributed by atoms with van der Waals surface area (Å²) in [6, 6.07) is 9.28. The first-order valence-corrected chi connectivity index (χ1v) is 12.5. The highest BCUT2D eigenvalue weighted by atomic mass is 32.2. The Balaban J connectivity index is 1.26. The van der Waals surface area contributed by atoms with Crippen molar-refractivity contribution in [1.29, 1.82) is 0 Å². The summed E-state index contributed by atoms with van der Waals surface area (Å²) in [5.74, 6) is -0.281. The number of nitrogens with one attached hydrogen (secondary N) is 1. The number of carbonyl (C=O) groups is 3. The fourth-order valence-corrected chi connectivity index (χ4v) is 6.04. The predicted molar refractivity (Wildman–Crippen MR) is 126 cm³/mol. The first-order valence-electron chi connectivity index (χ1n) is 11.8. The van der Waals surface area contributed by atoms with Gasteiger partial charge in [0.05, 0.1) is 5.54 Å². The maximum atomic E-state index is 13.2. The molecular weight excluding hydrogens is 476 g/mol. The van der Waals surface area contributed by atoms with Crippen molar-refractivity contribution in [3.8, 4) is 0 Å². The molecule has 2 atom stereocenters. The lowest BCUT2D eigenvalue weighted by Gasteiger charge is -2.58. The molecule has 1 aromatic carbocycles. The molecule has 3 saturated heterocycles. The number of fused-ring (bicyclic) bond motifs is 1. The van der Waals surface area contributed by atoms with Gasteiger partial charge in [0.1, 0.15) is 12.1 Å². The Bertz CT molecular complexity index is 928. The van der Waals surface area contributed by atoms with Gasteiger partial charge in [-0.05, 0) is 51.5 Å². The van der Waals surface area contributed by atoms with E-state index < -0.39 is 11.1 Å². The Kier molecular flexibility index (Phi) is 7.74. The van der Waals surface area contributed by atoms with Crippen molar-refractivity contribution in [2.24, 2.45) is 0 Å². The van der Waals surface area contributed by atoms with Crippen LogP contribution >= 0.6 is 12.2 Å². The minimum absolute atomic E-state index is 0.0350. The molecule has 2 N–H and O–H groups in total. The van der Waals surface area contributed by atoms with Crippen molar-refractivity contribution >= 4 is 30.3 Å². The van der Waals surface area contributed by atoms with Gasteiger partial charge in [-0.2, -0.15) is 0 Å². The number of ether oxygens (including phenoxy) is 1. The SMILES string of the molecule is C[C@@]12CCN(C(=O)NC3CCCN(C(=O)OCc4ccccc4)CCC3)[C@]1(C)C(=O)N2SOOO. The Morgan fingerprint density at radius 1 is 1.14 bits per heavy atom. The van der Waals surface area contributed by atoms with Gasteiger partial charge in [-0.15, -0.1) is 4.33 Å². The van der Waals surface area contributed by atoms with E-state index in [4.69, 9.17) is 9.99 Å². The molecule has 0 spiro atoms. The molecule has 0 aliphatic carbocycles. The van der Waals surface area contributed by atoms with E-state index in [9.17, 15) is 14.4 Å². The molecule has 3 aliphatic rings. The fourth-order valence-electron chi connectivity index (χ4n) is 5.27. The zero-order chi connectivity index (χ0) is 25.1. The third kappa shape index (κ3) is 4.80. The first-order chi connectivity index (χ1) is 16.8. The summed E-state index contributed by atoms with van der Waals surface area (Å²) in [6.45, 7) is 5.45. The van der Waals surface area contributed by atoms with Gasteiger partial charge in [0, 0.05) is 25.7 Å². The summed E-state index contributed by atoms with van der Waals surface area (Å²) in [5.41, 5.74) is -0.681. The third-order valence-electron chi connectivity index (χ3n) is 7.59. The highest BCUT2D eigenvalue weighted by Gasteiger charge is 2.74. The number of urea groups is 1. The van der Waals surface area contributed by atoms with Crippen LogP contribution in [-0.2, 0) is 25.5 Å². The van der Waals surface area contributed by atoms with Gasteiger partial charge in [0.15, 0.2) is 12.2 Å². The van der Waals surface area contributed by atoms with E-state index in [1.807, 2.05) is 37.3 Å². The molecule has 12 heteroatoms. The lowest BCUT2D eigenvalue weighted by molar-refractivity contribution is -0.433. The van der Waals surface area contributed by atoms with Crippen molar-refractivity contribution in [1.82, 2.24) is 19.4 Å². The van der Waals surface area contributed by atoms with Gasteiger partial charge in [-0.3, -0.25) is 4.79 Å². The largest absolute Gasteiger partial charge is 0.445 e. The smallest absolute Gasteiger partial charge is 0.410 e. The second-order valence-corrected chi connectivity index (χ2v) is 10.2. The zero-order valence-corrected chi connectivity index (χ0v) is 20.8. The first kappa shape index (κ1) is 25.5. The van der Waals surface area contributed by atoms with Crippen LogP contribution in [0, 0.1) is 0 Å². The number of amides is 4. The molecule has 0 saturated carbocycles. The van der Waals surface area contributed by atoms with Crippen LogP contribution in [0.25, 0.3) is 0 Å².